The average molecular weight is 338 g/mol. The number of rotatable bonds is 6. The number of hydrogen-bond donors (Lipinski definition) is 0. The van der Waals surface area contributed by atoms with Crippen LogP contribution in [0.4, 0.5) is 0 Å². The van der Waals surface area contributed by atoms with Crippen LogP contribution < -0.4 is 0 Å². The van der Waals surface area contributed by atoms with E-state index in [2.05, 4.69) is 23.9 Å². The SMILES string of the molecule is Cc1nc(S(=O)(=O)Cc2ccn(C(C)C)n2)n(CC(C)C)c1C. The molecule has 0 aliphatic rings. The molecule has 128 valence electrons. The summed E-state index contributed by atoms with van der Waals surface area (Å²) in [6.07, 6.45) is 1.81. The highest BCUT2D eigenvalue weighted by atomic mass is 32.2. The molecule has 0 saturated heterocycles. The van der Waals surface area contributed by atoms with E-state index in [1.807, 2.05) is 38.5 Å². The number of imidazole rings is 1. The average Bonchev–Trinajstić information content (AvgIpc) is 2.98. The zero-order valence-corrected chi connectivity index (χ0v) is 15.6. The second-order valence-corrected chi connectivity index (χ2v) is 8.59. The van der Waals surface area contributed by atoms with Gasteiger partial charge in [0.05, 0.1) is 11.4 Å². The summed E-state index contributed by atoms with van der Waals surface area (Å²) in [5, 5.41) is 4.49. The Labute approximate surface area is 138 Å². The van der Waals surface area contributed by atoms with Crippen LogP contribution in [0.15, 0.2) is 17.4 Å². The quantitative estimate of drug-likeness (QED) is 0.812. The van der Waals surface area contributed by atoms with Crippen molar-refractivity contribution in [3.63, 3.8) is 0 Å². The molecule has 0 amide bonds. The van der Waals surface area contributed by atoms with Gasteiger partial charge in [-0.25, -0.2) is 13.4 Å². The van der Waals surface area contributed by atoms with Crippen LogP contribution in [-0.2, 0) is 22.1 Å². The normalized spacial score (nSPS) is 12.5. The number of sulfone groups is 1. The molecule has 2 rings (SSSR count). The Hall–Kier alpha value is -1.63. The Bertz CT molecular complexity index is 785. The molecule has 0 bridgehead atoms. The minimum Gasteiger partial charge on any atom is -0.319 e. The maximum absolute atomic E-state index is 12.8. The summed E-state index contributed by atoms with van der Waals surface area (Å²) < 4.78 is 29.2. The van der Waals surface area contributed by atoms with E-state index >= 15 is 0 Å². The monoisotopic (exact) mass is 338 g/mol. The second kappa shape index (κ2) is 6.47. The molecule has 0 unspecified atom stereocenters. The Morgan fingerprint density at radius 3 is 2.35 bits per heavy atom. The molecule has 2 aromatic heterocycles. The highest BCUT2D eigenvalue weighted by molar-refractivity contribution is 7.90. The molecule has 0 atom stereocenters. The van der Waals surface area contributed by atoms with Gasteiger partial charge in [0.25, 0.3) is 0 Å². The molecule has 0 saturated carbocycles. The predicted molar refractivity (Wildman–Crippen MR) is 90.0 cm³/mol. The summed E-state index contributed by atoms with van der Waals surface area (Å²) in [7, 11) is -3.53. The van der Waals surface area contributed by atoms with Crippen LogP contribution in [0.5, 0.6) is 0 Å². The van der Waals surface area contributed by atoms with Gasteiger partial charge in [-0.15, -0.1) is 0 Å². The van der Waals surface area contributed by atoms with Crippen molar-refractivity contribution in [3.05, 3.63) is 29.3 Å². The lowest BCUT2D eigenvalue weighted by molar-refractivity contribution is 0.475. The molecule has 0 spiro atoms. The summed E-state index contributed by atoms with van der Waals surface area (Å²) in [6.45, 7) is 12.5. The van der Waals surface area contributed by atoms with E-state index < -0.39 is 9.84 Å². The number of aryl methyl sites for hydroxylation is 1. The molecule has 7 heteroatoms. The Morgan fingerprint density at radius 2 is 1.83 bits per heavy atom. The molecule has 0 radical (unpaired) electrons. The van der Waals surface area contributed by atoms with Crippen molar-refractivity contribution < 1.29 is 8.42 Å². The number of nitrogens with zero attached hydrogens (tertiary/aromatic N) is 4. The van der Waals surface area contributed by atoms with Gasteiger partial charge in [0, 0.05) is 24.5 Å². The molecule has 0 aliphatic heterocycles. The molecule has 6 nitrogen and oxygen atoms in total. The van der Waals surface area contributed by atoms with Gasteiger partial charge in [0.2, 0.25) is 15.0 Å². The van der Waals surface area contributed by atoms with E-state index in [9.17, 15) is 8.42 Å². The van der Waals surface area contributed by atoms with Crippen molar-refractivity contribution in [2.45, 2.75) is 65.0 Å². The van der Waals surface area contributed by atoms with Gasteiger partial charge < -0.3 is 4.57 Å². The Kier molecular flexibility index (Phi) is 4.98. The molecule has 0 aromatic carbocycles. The van der Waals surface area contributed by atoms with E-state index in [4.69, 9.17) is 0 Å². The third kappa shape index (κ3) is 3.83. The van der Waals surface area contributed by atoms with E-state index in [-0.39, 0.29) is 17.0 Å². The van der Waals surface area contributed by atoms with Crippen molar-refractivity contribution >= 4 is 9.84 Å². The molecular formula is C16H26N4O2S. The van der Waals surface area contributed by atoms with Crippen molar-refractivity contribution in [3.8, 4) is 0 Å². The summed E-state index contributed by atoms with van der Waals surface area (Å²) >= 11 is 0. The van der Waals surface area contributed by atoms with E-state index in [1.54, 1.807) is 10.7 Å². The van der Waals surface area contributed by atoms with Crippen LogP contribution >= 0.6 is 0 Å². The molecule has 2 heterocycles. The van der Waals surface area contributed by atoms with Gasteiger partial charge >= 0.3 is 0 Å². The first-order valence-electron chi connectivity index (χ1n) is 7.92. The third-order valence-corrected chi connectivity index (χ3v) is 5.32. The predicted octanol–water partition coefficient (Wildman–Crippen LogP) is 2.91. The topological polar surface area (TPSA) is 69.8 Å². The first-order chi connectivity index (χ1) is 10.6. The summed E-state index contributed by atoms with van der Waals surface area (Å²) in [4.78, 5) is 4.31. The highest BCUT2D eigenvalue weighted by Gasteiger charge is 2.26. The van der Waals surface area contributed by atoms with Crippen molar-refractivity contribution in [1.82, 2.24) is 19.3 Å². The summed E-state index contributed by atoms with van der Waals surface area (Å²) in [5.41, 5.74) is 2.22. The van der Waals surface area contributed by atoms with Crippen LogP contribution in [-0.4, -0.2) is 27.7 Å². The van der Waals surface area contributed by atoms with Crippen LogP contribution in [0.2, 0.25) is 0 Å². The maximum Gasteiger partial charge on any atom is 0.228 e. The lowest BCUT2D eigenvalue weighted by Crippen LogP contribution is -2.16. The van der Waals surface area contributed by atoms with Gasteiger partial charge in [-0.3, -0.25) is 4.68 Å². The largest absolute Gasteiger partial charge is 0.319 e. The molecule has 0 aliphatic carbocycles. The standard InChI is InChI=1S/C16H26N4O2S/c1-11(2)9-19-14(6)13(5)17-16(19)23(21,22)10-15-7-8-20(18-15)12(3)4/h7-8,11-12H,9-10H2,1-6H3. The van der Waals surface area contributed by atoms with Gasteiger partial charge in [-0.05, 0) is 39.7 Å². The van der Waals surface area contributed by atoms with Gasteiger partial charge in [0.1, 0.15) is 5.75 Å². The van der Waals surface area contributed by atoms with E-state index in [1.165, 1.54) is 0 Å². The van der Waals surface area contributed by atoms with Gasteiger partial charge in [-0.1, -0.05) is 13.8 Å². The summed E-state index contributed by atoms with van der Waals surface area (Å²) in [5.74, 6) is 0.220. The van der Waals surface area contributed by atoms with Gasteiger partial charge in [0.15, 0.2) is 0 Å². The van der Waals surface area contributed by atoms with Crippen LogP contribution in [0.3, 0.4) is 0 Å². The van der Waals surface area contributed by atoms with Crippen LogP contribution in [0, 0.1) is 19.8 Å². The molecule has 0 fully saturated rings. The maximum atomic E-state index is 12.8. The minimum absolute atomic E-state index is 0.124. The smallest absolute Gasteiger partial charge is 0.228 e. The highest BCUT2D eigenvalue weighted by Crippen LogP contribution is 2.21. The van der Waals surface area contributed by atoms with Crippen molar-refractivity contribution in [1.29, 1.82) is 0 Å². The molecular weight excluding hydrogens is 312 g/mol. The lowest BCUT2D eigenvalue weighted by atomic mass is 10.2. The zero-order valence-electron chi connectivity index (χ0n) is 14.7. The minimum atomic E-state index is -3.53. The summed E-state index contributed by atoms with van der Waals surface area (Å²) in [6, 6.07) is 1.96. The molecule has 0 N–H and O–H groups in total. The number of aromatic nitrogens is 4. The van der Waals surface area contributed by atoms with Crippen LogP contribution in [0.1, 0.15) is 50.8 Å². The Morgan fingerprint density at radius 1 is 1.17 bits per heavy atom. The third-order valence-electron chi connectivity index (χ3n) is 3.78. The lowest BCUT2D eigenvalue weighted by Gasteiger charge is -2.12. The van der Waals surface area contributed by atoms with Crippen molar-refractivity contribution in [2.24, 2.45) is 5.92 Å². The first kappa shape index (κ1) is 17.7. The van der Waals surface area contributed by atoms with E-state index in [0.29, 0.717) is 18.2 Å². The molecule has 23 heavy (non-hydrogen) atoms. The number of hydrogen-bond acceptors (Lipinski definition) is 4. The molecule has 2 aromatic rings. The van der Waals surface area contributed by atoms with Gasteiger partial charge in [-0.2, -0.15) is 5.10 Å². The van der Waals surface area contributed by atoms with Crippen LogP contribution in [0.25, 0.3) is 0 Å². The fourth-order valence-electron chi connectivity index (χ4n) is 2.44. The second-order valence-electron chi connectivity index (χ2n) is 6.71. The zero-order chi connectivity index (χ0) is 17.4. The first-order valence-corrected chi connectivity index (χ1v) is 9.57. The fourth-order valence-corrected chi connectivity index (χ4v) is 3.94. The van der Waals surface area contributed by atoms with E-state index in [0.717, 1.165) is 11.4 Å². The van der Waals surface area contributed by atoms with Crippen molar-refractivity contribution in [2.75, 3.05) is 0 Å². The Balaban J connectivity index is 2.37. The fraction of sp³-hybridized carbons (Fsp3) is 0.625.